The number of fused-ring (bicyclic) bond motifs is 1. The molecule has 3 aliphatic rings. The van der Waals surface area contributed by atoms with Crippen molar-refractivity contribution < 1.29 is 18.3 Å². The first kappa shape index (κ1) is 22.1. The third-order valence-corrected chi connectivity index (χ3v) is 6.87. The standard InChI is InChI=1S/C23H29F3N6O/c24-13-10-17(25)20(18(26)11-13)30-23-29-19-12-27-22(28-14-6-8-16(33)9-7-14)31-21(19)32(23)15-4-2-1-3-5-15/h10-12,14-16,23,29-30,33H,1-9H2,(H,27,28,31). The Kier molecular flexibility index (Phi) is 6.18. The topological polar surface area (TPSA) is 85.3 Å². The summed E-state index contributed by atoms with van der Waals surface area (Å²) in [6.45, 7) is 0. The highest BCUT2D eigenvalue weighted by molar-refractivity contribution is 5.74. The SMILES string of the molecule is OC1CCC(Nc2ncc3c(n2)N(C2CCCCC2)C(Nc2c(F)cc(F)cc2F)N3)CC1. The van der Waals surface area contributed by atoms with E-state index in [9.17, 15) is 18.3 Å². The van der Waals surface area contributed by atoms with Gasteiger partial charge in [0, 0.05) is 24.2 Å². The van der Waals surface area contributed by atoms with Crippen LogP contribution in [0.2, 0.25) is 0 Å². The normalized spacial score (nSPS) is 25.5. The Morgan fingerprint density at radius 1 is 0.939 bits per heavy atom. The lowest BCUT2D eigenvalue weighted by Gasteiger charge is -2.37. The minimum Gasteiger partial charge on any atom is -0.393 e. The summed E-state index contributed by atoms with van der Waals surface area (Å²) >= 11 is 0. The molecule has 4 N–H and O–H groups in total. The van der Waals surface area contributed by atoms with Crippen LogP contribution in [0, 0.1) is 17.5 Å². The highest BCUT2D eigenvalue weighted by atomic mass is 19.1. The lowest BCUT2D eigenvalue weighted by atomic mass is 9.93. The van der Waals surface area contributed by atoms with Crippen molar-refractivity contribution in [2.45, 2.75) is 82.3 Å². The van der Waals surface area contributed by atoms with Gasteiger partial charge in [0.15, 0.2) is 23.7 Å². The summed E-state index contributed by atoms with van der Waals surface area (Å²) in [4.78, 5) is 11.2. The van der Waals surface area contributed by atoms with Crippen molar-refractivity contribution in [3.63, 3.8) is 0 Å². The molecule has 1 aliphatic heterocycles. The molecule has 1 unspecified atom stereocenters. The van der Waals surface area contributed by atoms with E-state index in [0.717, 1.165) is 57.8 Å². The number of hydrogen-bond donors (Lipinski definition) is 4. The average Bonchev–Trinajstić information content (AvgIpc) is 3.15. The van der Waals surface area contributed by atoms with Crippen molar-refractivity contribution in [3.8, 4) is 0 Å². The van der Waals surface area contributed by atoms with Crippen molar-refractivity contribution in [3.05, 3.63) is 35.8 Å². The van der Waals surface area contributed by atoms with Crippen LogP contribution in [0.25, 0.3) is 0 Å². The number of anilines is 4. The van der Waals surface area contributed by atoms with Gasteiger partial charge in [-0.15, -0.1) is 0 Å². The molecule has 178 valence electrons. The molecule has 10 heteroatoms. The smallest absolute Gasteiger partial charge is 0.224 e. The Balaban J connectivity index is 1.41. The molecular weight excluding hydrogens is 433 g/mol. The Morgan fingerprint density at radius 3 is 2.33 bits per heavy atom. The van der Waals surface area contributed by atoms with Crippen LogP contribution in [0.4, 0.5) is 36.3 Å². The minimum atomic E-state index is -0.984. The Labute approximate surface area is 190 Å². The molecule has 0 radical (unpaired) electrons. The maximum atomic E-state index is 14.4. The van der Waals surface area contributed by atoms with Crippen LogP contribution in [-0.4, -0.2) is 39.6 Å². The monoisotopic (exact) mass is 462 g/mol. The Bertz CT molecular complexity index is 971. The molecule has 0 saturated heterocycles. The van der Waals surface area contributed by atoms with E-state index in [-0.39, 0.29) is 23.9 Å². The lowest BCUT2D eigenvalue weighted by Crippen LogP contribution is -2.49. The van der Waals surface area contributed by atoms with Gasteiger partial charge in [0.05, 0.1) is 18.0 Å². The second-order valence-electron chi connectivity index (χ2n) is 9.22. The predicted octanol–water partition coefficient (Wildman–Crippen LogP) is 4.57. The highest BCUT2D eigenvalue weighted by Gasteiger charge is 2.37. The molecule has 2 heterocycles. The zero-order chi connectivity index (χ0) is 22.9. The Hall–Kier alpha value is -2.75. The van der Waals surface area contributed by atoms with Gasteiger partial charge >= 0.3 is 0 Å². The van der Waals surface area contributed by atoms with Gasteiger partial charge in [0.25, 0.3) is 0 Å². The van der Waals surface area contributed by atoms with Crippen LogP contribution < -0.4 is 20.9 Å². The second-order valence-corrected chi connectivity index (χ2v) is 9.22. The maximum Gasteiger partial charge on any atom is 0.224 e. The lowest BCUT2D eigenvalue weighted by molar-refractivity contribution is 0.126. The van der Waals surface area contributed by atoms with Gasteiger partial charge in [-0.3, -0.25) is 0 Å². The minimum absolute atomic E-state index is 0.143. The number of nitrogens with one attached hydrogen (secondary N) is 3. The predicted molar refractivity (Wildman–Crippen MR) is 121 cm³/mol. The zero-order valence-electron chi connectivity index (χ0n) is 18.3. The molecule has 2 saturated carbocycles. The summed E-state index contributed by atoms with van der Waals surface area (Å²) < 4.78 is 42.1. The molecular formula is C23H29F3N6O. The number of aliphatic hydroxyl groups excluding tert-OH is 1. The van der Waals surface area contributed by atoms with E-state index < -0.39 is 23.7 Å². The van der Waals surface area contributed by atoms with Crippen molar-refractivity contribution in [2.75, 3.05) is 20.9 Å². The van der Waals surface area contributed by atoms with E-state index in [1.807, 2.05) is 4.90 Å². The van der Waals surface area contributed by atoms with E-state index in [1.54, 1.807) is 6.20 Å². The third-order valence-electron chi connectivity index (χ3n) is 6.87. The quantitative estimate of drug-likeness (QED) is 0.518. The summed E-state index contributed by atoms with van der Waals surface area (Å²) in [7, 11) is 0. The fourth-order valence-electron chi connectivity index (χ4n) is 5.15. The second kappa shape index (κ2) is 9.24. The molecule has 33 heavy (non-hydrogen) atoms. The van der Waals surface area contributed by atoms with E-state index in [1.165, 1.54) is 0 Å². The van der Waals surface area contributed by atoms with Gasteiger partial charge in [0.1, 0.15) is 11.5 Å². The number of nitrogens with zero attached hydrogens (tertiary/aromatic N) is 3. The molecule has 2 aromatic rings. The summed E-state index contributed by atoms with van der Waals surface area (Å²) in [5.41, 5.74) is 0.292. The molecule has 0 spiro atoms. The van der Waals surface area contributed by atoms with Gasteiger partial charge in [-0.25, -0.2) is 18.2 Å². The first-order valence-corrected chi connectivity index (χ1v) is 11.8. The molecule has 0 bridgehead atoms. The molecule has 1 atom stereocenters. The highest BCUT2D eigenvalue weighted by Crippen LogP contribution is 2.39. The molecule has 5 rings (SSSR count). The average molecular weight is 463 g/mol. The molecule has 7 nitrogen and oxygen atoms in total. The van der Waals surface area contributed by atoms with Crippen LogP contribution in [0.15, 0.2) is 18.3 Å². The van der Waals surface area contributed by atoms with E-state index in [2.05, 4.69) is 20.9 Å². The molecule has 0 amide bonds. The van der Waals surface area contributed by atoms with Gasteiger partial charge in [-0.05, 0) is 38.5 Å². The fourth-order valence-corrected chi connectivity index (χ4v) is 5.15. The summed E-state index contributed by atoms with van der Waals surface area (Å²) in [6, 6.07) is 1.67. The molecule has 2 aliphatic carbocycles. The number of aliphatic hydroxyl groups is 1. The largest absolute Gasteiger partial charge is 0.393 e. The van der Waals surface area contributed by atoms with Gasteiger partial charge in [-0.2, -0.15) is 4.98 Å². The zero-order valence-corrected chi connectivity index (χ0v) is 18.3. The molecule has 1 aromatic heterocycles. The van der Waals surface area contributed by atoms with Crippen LogP contribution in [0.1, 0.15) is 57.8 Å². The number of benzene rings is 1. The third kappa shape index (κ3) is 4.66. The first-order chi connectivity index (χ1) is 16.0. The van der Waals surface area contributed by atoms with E-state index in [0.29, 0.717) is 29.6 Å². The molecule has 1 aromatic carbocycles. The Morgan fingerprint density at radius 2 is 1.64 bits per heavy atom. The summed E-state index contributed by atoms with van der Waals surface area (Å²) in [5.74, 6) is -1.75. The van der Waals surface area contributed by atoms with Crippen LogP contribution in [0.5, 0.6) is 0 Å². The first-order valence-electron chi connectivity index (χ1n) is 11.8. The van der Waals surface area contributed by atoms with Gasteiger partial charge in [-0.1, -0.05) is 19.3 Å². The van der Waals surface area contributed by atoms with E-state index >= 15 is 0 Å². The van der Waals surface area contributed by atoms with Gasteiger partial charge in [0.2, 0.25) is 5.95 Å². The fraction of sp³-hybridized carbons (Fsp3) is 0.565. The van der Waals surface area contributed by atoms with Crippen molar-refractivity contribution >= 4 is 23.1 Å². The van der Waals surface area contributed by atoms with Crippen LogP contribution >= 0.6 is 0 Å². The van der Waals surface area contributed by atoms with Crippen molar-refractivity contribution in [1.29, 1.82) is 0 Å². The number of halogens is 3. The summed E-state index contributed by atoms with van der Waals surface area (Å²) in [5, 5.41) is 19.2. The summed E-state index contributed by atoms with van der Waals surface area (Å²) in [6.07, 6.45) is 9.18. The van der Waals surface area contributed by atoms with Crippen LogP contribution in [0.3, 0.4) is 0 Å². The maximum absolute atomic E-state index is 14.4. The number of hydrogen-bond acceptors (Lipinski definition) is 7. The number of rotatable bonds is 5. The van der Waals surface area contributed by atoms with Crippen LogP contribution in [-0.2, 0) is 0 Å². The van der Waals surface area contributed by atoms with E-state index in [4.69, 9.17) is 4.98 Å². The van der Waals surface area contributed by atoms with Crippen molar-refractivity contribution in [1.82, 2.24) is 9.97 Å². The molecule has 2 fully saturated rings. The van der Waals surface area contributed by atoms with Crippen molar-refractivity contribution in [2.24, 2.45) is 0 Å². The number of aromatic nitrogens is 2. The van der Waals surface area contributed by atoms with Gasteiger partial charge < -0.3 is 26.0 Å².